The molecule has 2 aromatic heterocycles. The van der Waals surface area contributed by atoms with Gasteiger partial charge in [-0.25, -0.2) is 9.97 Å². The highest BCUT2D eigenvalue weighted by molar-refractivity contribution is 6.24. The van der Waals surface area contributed by atoms with Crippen LogP contribution in [0.2, 0.25) is 0 Å². The molecule has 2 heterocycles. The van der Waals surface area contributed by atoms with Gasteiger partial charge >= 0.3 is 0 Å². The van der Waals surface area contributed by atoms with E-state index < -0.39 is 0 Å². The zero-order chi connectivity index (χ0) is 38.5. The summed E-state index contributed by atoms with van der Waals surface area (Å²) in [5.74, 6) is 0.655. The summed E-state index contributed by atoms with van der Waals surface area (Å²) >= 11 is 0. The number of rotatable bonds is 4. The summed E-state index contributed by atoms with van der Waals surface area (Å²) in [6, 6.07) is 68.2. The SMILES string of the molecule is CC1(C)c2ccccc2-c2c(-c3cccc4c5c6ccccc6ccc5n(-c5nc(-c6ccc(-c7cccc8ccccc78)cc6)c6ccccc6n5)c34)cccc21. The number of benzene rings is 9. The second-order valence-corrected chi connectivity index (χ2v) is 16.1. The fraction of sp³-hybridized carbons (Fsp3) is 0.0545. The highest BCUT2D eigenvalue weighted by Crippen LogP contribution is 2.53. The lowest BCUT2D eigenvalue weighted by atomic mass is 9.82. The third-order valence-electron chi connectivity index (χ3n) is 12.6. The maximum Gasteiger partial charge on any atom is 0.235 e. The first-order valence-corrected chi connectivity index (χ1v) is 20.1. The predicted octanol–water partition coefficient (Wildman–Crippen LogP) is 14.3. The van der Waals surface area contributed by atoms with Gasteiger partial charge in [-0.05, 0) is 72.6 Å². The van der Waals surface area contributed by atoms with Crippen LogP contribution in [-0.4, -0.2) is 14.5 Å². The molecule has 11 aromatic rings. The van der Waals surface area contributed by atoms with Crippen molar-refractivity contribution in [2.45, 2.75) is 19.3 Å². The van der Waals surface area contributed by atoms with Gasteiger partial charge in [0.1, 0.15) is 0 Å². The minimum atomic E-state index is -0.113. The molecule has 272 valence electrons. The van der Waals surface area contributed by atoms with Crippen LogP contribution in [0.3, 0.4) is 0 Å². The van der Waals surface area contributed by atoms with Crippen molar-refractivity contribution >= 4 is 54.3 Å². The first kappa shape index (κ1) is 32.8. The number of aromatic nitrogens is 3. The van der Waals surface area contributed by atoms with Gasteiger partial charge in [-0.2, -0.15) is 0 Å². The molecule has 0 amide bonds. The van der Waals surface area contributed by atoms with Crippen LogP contribution in [0.1, 0.15) is 25.0 Å². The van der Waals surface area contributed by atoms with Crippen LogP contribution in [-0.2, 0) is 5.41 Å². The van der Waals surface area contributed by atoms with Crippen molar-refractivity contribution in [3.05, 3.63) is 199 Å². The third kappa shape index (κ3) is 4.68. The molecule has 0 N–H and O–H groups in total. The molecule has 0 spiro atoms. The Kier molecular flexibility index (Phi) is 6.98. The van der Waals surface area contributed by atoms with E-state index in [1.54, 1.807) is 0 Å². The summed E-state index contributed by atoms with van der Waals surface area (Å²) in [7, 11) is 0. The molecule has 1 aliphatic rings. The average Bonchev–Trinajstić information content (AvgIpc) is 3.75. The highest BCUT2D eigenvalue weighted by Gasteiger charge is 2.37. The lowest BCUT2D eigenvalue weighted by molar-refractivity contribution is 0.660. The van der Waals surface area contributed by atoms with Gasteiger partial charge in [0.2, 0.25) is 5.95 Å². The van der Waals surface area contributed by atoms with Crippen LogP contribution in [0.5, 0.6) is 0 Å². The highest BCUT2D eigenvalue weighted by atomic mass is 15.2. The Hall–Kier alpha value is -7.36. The monoisotopic (exact) mass is 739 g/mol. The van der Waals surface area contributed by atoms with Gasteiger partial charge in [-0.15, -0.1) is 0 Å². The van der Waals surface area contributed by atoms with Crippen LogP contribution in [0, 0.1) is 0 Å². The normalized spacial score (nSPS) is 13.1. The van der Waals surface area contributed by atoms with E-state index in [2.05, 4.69) is 206 Å². The van der Waals surface area contributed by atoms with Gasteiger partial charge in [-0.1, -0.05) is 190 Å². The second-order valence-electron chi connectivity index (χ2n) is 16.1. The smallest absolute Gasteiger partial charge is 0.235 e. The molecule has 3 nitrogen and oxygen atoms in total. The lowest BCUT2D eigenvalue weighted by Gasteiger charge is -2.21. The maximum atomic E-state index is 5.56. The first-order valence-electron chi connectivity index (χ1n) is 20.1. The topological polar surface area (TPSA) is 30.7 Å². The van der Waals surface area contributed by atoms with Gasteiger partial charge in [0.15, 0.2) is 0 Å². The Bertz CT molecular complexity index is 3470. The second kappa shape index (κ2) is 12.3. The van der Waals surface area contributed by atoms with Crippen molar-refractivity contribution in [2.75, 3.05) is 0 Å². The Balaban J connectivity index is 1.14. The zero-order valence-corrected chi connectivity index (χ0v) is 32.2. The van der Waals surface area contributed by atoms with Gasteiger partial charge in [0.25, 0.3) is 0 Å². The number of nitrogens with zero attached hydrogens (tertiary/aromatic N) is 3. The molecule has 9 aromatic carbocycles. The van der Waals surface area contributed by atoms with Crippen LogP contribution in [0.25, 0.3) is 105 Å². The van der Waals surface area contributed by atoms with Crippen molar-refractivity contribution < 1.29 is 0 Å². The first-order chi connectivity index (χ1) is 28.5. The number of hydrogen-bond acceptors (Lipinski definition) is 2. The zero-order valence-electron chi connectivity index (χ0n) is 32.2. The fourth-order valence-corrected chi connectivity index (χ4v) is 9.91. The molecule has 0 saturated heterocycles. The number of fused-ring (bicyclic) bond motifs is 10. The molecule has 0 saturated carbocycles. The largest absolute Gasteiger partial charge is 0.277 e. The standard InChI is InChI=1S/C55H37N3/c1-55(2)46-25-9-7-19-43(46)50-41(22-13-26-47(50)55)42-23-12-24-45-51-40-18-6-4-15-35(40)32-33-49(51)58(53(42)45)54-56-48-27-10-8-20-44(48)52(57-54)37-30-28-36(29-31-37)39-21-11-16-34-14-3-5-17-38(34)39/h3-33H,1-2H3. The van der Waals surface area contributed by atoms with Crippen LogP contribution >= 0.6 is 0 Å². The summed E-state index contributed by atoms with van der Waals surface area (Å²) in [5, 5.41) is 8.33. The Morgan fingerprint density at radius 3 is 1.86 bits per heavy atom. The molecule has 3 heteroatoms. The van der Waals surface area contributed by atoms with E-state index in [-0.39, 0.29) is 5.41 Å². The van der Waals surface area contributed by atoms with E-state index in [0.717, 1.165) is 33.2 Å². The summed E-state index contributed by atoms with van der Waals surface area (Å²) in [6.07, 6.45) is 0. The van der Waals surface area contributed by atoms with Gasteiger partial charge in [0.05, 0.1) is 22.2 Å². The summed E-state index contributed by atoms with van der Waals surface area (Å²) in [5.41, 5.74) is 15.1. The van der Waals surface area contributed by atoms with E-state index >= 15 is 0 Å². The fourth-order valence-electron chi connectivity index (χ4n) is 9.91. The molecule has 0 bridgehead atoms. The van der Waals surface area contributed by atoms with E-state index in [0.29, 0.717) is 5.95 Å². The summed E-state index contributed by atoms with van der Waals surface area (Å²) in [4.78, 5) is 11.0. The summed E-state index contributed by atoms with van der Waals surface area (Å²) in [6.45, 7) is 4.70. The van der Waals surface area contributed by atoms with Gasteiger partial charge in [-0.3, -0.25) is 4.57 Å². The maximum absolute atomic E-state index is 5.56. The Morgan fingerprint density at radius 2 is 1.00 bits per heavy atom. The molecule has 0 unspecified atom stereocenters. The van der Waals surface area contributed by atoms with Crippen LogP contribution in [0.4, 0.5) is 0 Å². The van der Waals surface area contributed by atoms with E-state index in [1.807, 2.05) is 0 Å². The van der Waals surface area contributed by atoms with Gasteiger partial charge < -0.3 is 0 Å². The number of hydrogen-bond donors (Lipinski definition) is 0. The van der Waals surface area contributed by atoms with Crippen molar-refractivity contribution in [3.8, 4) is 50.6 Å². The van der Waals surface area contributed by atoms with E-state index in [9.17, 15) is 0 Å². The Morgan fingerprint density at radius 1 is 0.414 bits per heavy atom. The van der Waals surface area contributed by atoms with Crippen molar-refractivity contribution in [1.82, 2.24) is 14.5 Å². The van der Waals surface area contributed by atoms with Crippen LogP contribution in [0.15, 0.2) is 188 Å². The Labute approximate surface area is 336 Å². The molecule has 1 aliphatic carbocycles. The predicted molar refractivity (Wildman–Crippen MR) is 243 cm³/mol. The molecular formula is C55H37N3. The molecule has 0 atom stereocenters. The quantitative estimate of drug-likeness (QED) is 0.180. The van der Waals surface area contributed by atoms with Crippen LogP contribution < -0.4 is 0 Å². The molecule has 58 heavy (non-hydrogen) atoms. The van der Waals surface area contributed by atoms with Crippen molar-refractivity contribution in [2.24, 2.45) is 0 Å². The average molecular weight is 740 g/mol. The molecule has 0 fully saturated rings. The summed E-state index contributed by atoms with van der Waals surface area (Å²) < 4.78 is 2.33. The number of para-hydroxylation sites is 2. The third-order valence-corrected chi connectivity index (χ3v) is 12.6. The minimum absolute atomic E-state index is 0.113. The van der Waals surface area contributed by atoms with Crippen molar-refractivity contribution in [3.63, 3.8) is 0 Å². The lowest BCUT2D eigenvalue weighted by Crippen LogP contribution is -2.14. The molecule has 12 rings (SSSR count). The minimum Gasteiger partial charge on any atom is -0.277 e. The molecule has 0 aliphatic heterocycles. The molecular weight excluding hydrogens is 703 g/mol. The van der Waals surface area contributed by atoms with Gasteiger partial charge in [0, 0.05) is 32.7 Å². The van der Waals surface area contributed by atoms with E-state index in [1.165, 1.54) is 76.8 Å². The van der Waals surface area contributed by atoms with E-state index in [4.69, 9.17) is 9.97 Å². The van der Waals surface area contributed by atoms with Crippen molar-refractivity contribution in [1.29, 1.82) is 0 Å². The molecule has 0 radical (unpaired) electrons.